The van der Waals surface area contributed by atoms with E-state index in [2.05, 4.69) is 5.32 Å². The maximum absolute atomic E-state index is 12.7. The van der Waals surface area contributed by atoms with Crippen LogP contribution < -0.4 is 10.1 Å². The molecule has 0 aliphatic heterocycles. The Morgan fingerprint density at radius 2 is 1.72 bits per heavy atom. The van der Waals surface area contributed by atoms with Gasteiger partial charge in [0.25, 0.3) is 0 Å². The van der Waals surface area contributed by atoms with E-state index in [0.717, 1.165) is 18.4 Å². The van der Waals surface area contributed by atoms with Crippen LogP contribution >= 0.6 is 11.6 Å². The van der Waals surface area contributed by atoms with Crippen molar-refractivity contribution in [2.75, 3.05) is 6.26 Å². The summed E-state index contributed by atoms with van der Waals surface area (Å²) < 4.78 is 66.8. The number of benzene rings is 3. The van der Waals surface area contributed by atoms with Crippen LogP contribution in [-0.4, -0.2) is 19.8 Å². The fraction of sp³-hybridized carbons (Fsp3) is 0.182. The van der Waals surface area contributed by atoms with Gasteiger partial charge in [0.2, 0.25) is 0 Å². The summed E-state index contributed by atoms with van der Waals surface area (Å²) in [4.78, 5) is 0.0971. The van der Waals surface area contributed by atoms with Crippen molar-refractivity contribution in [3.8, 4) is 11.5 Å². The molecular formula is C22H19ClF3NO4S. The molecule has 0 aromatic heterocycles. The molecule has 0 heterocycles. The molecule has 0 spiro atoms. The molecule has 0 aliphatic carbocycles. The van der Waals surface area contributed by atoms with Gasteiger partial charge in [0, 0.05) is 17.8 Å². The highest BCUT2D eigenvalue weighted by atomic mass is 35.5. The van der Waals surface area contributed by atoms with Crippen LogP contribution in [0.15, 0.2) is 71.6 Å². The minimum Gasteiger partial charge on any atom is -0.457 e. The molecule has 0 aliphatic rings. The van der Waals surface area contributed by atoms with Crippen LogP contribution in [0.1, 0.15) is 22.9 Å². The second-order valence-corrected chi connectivity index (χ2v) is 9.43. The maximum Gasteiger partial charge on any atom is 0.416 e. The zero-order chi connectivity index (χ0) is 23.5. The number of aliphatic hydroxyl groups is 1. The molecule has 1 atom stereocenters. The highest BCUT2D eigenvalue weighted by Gasteiger charge is 2.30. The highest BCUT2D eigenvalue weighted by Crippen LogP contribution is 2.32. The molecule has 170 valence electrons. The van der Waals surface area contributed by atoms with E-state index in [1.807, 2.05) is 0 Å². The number of rotatable bonds is 7. The Hall–Kier alpha value is -2.59. The smallest absolute Gasteiger partial charge is 0.416 e. The third-order valence-electron chi connectivity index (χ3n) is 4.53. The third-order valence-corrected chi connectivity index (χ3v) is 5.99. The Morgan fingerprint density at radius 3 is 2.31 bits per heavy atom. The van der Waals surface area contributed by atoms with Gasteiger partial charge < -0.3 is 9.84 Å². The van der Waals surface area contributed by atoms with Crippen molar-refractivity contribution in [2.45, 2.75) is 23.8 Å². The zero-order valence-electron chi connectivity index (χ0n) is 16.7. The van der Waals surface area contributed by atoms with Crippen molar-refractivity contribution in [3.05, 3.63) is 88.4 Å². The van der Waals surface area contributed by atoms with Crippen molar-refractivity contribution in [1.29, 1.82) is 0 Å². The molecule has 0 bridgehead atoms. The molecule has 3 rings (SSSR count). The zero-order valence-corrected chi connectivity index (χ0v) is 18.3. The van der Waals surface area contributed by atoms with E-state index < -0.39 is 27.8 Å². The lowest BCUT2D eigenvalue weighted by Gasteiger charge is -2.16. The lowest BCUT2D eigenvalue weighted by Crippen LogP contribution is -2.20. The SMILES string of the molecule is CS(=O)(=O)c1ccc(CNC(O)c2cccc(Oc3ccc(C(F)(F)F)cc3)c2)c(Cl)c1. The van der Waals surface area contributed by atoms with Crippen molar-refractivity contribution >= 4 is 21.4 Å². The number of halogens is 4. The number of sulfone groups is 1. The summed E-state index contributed by atoms with van der Waals surface area (Å²) in [7, 11) is -3.38. The Bertz CT molecular complexity index is 1200. The van der Waals surface area contributed by atoms with Crippen molar-refractivity contribution < 1.29 is 31.4 Å². The summed E-state index contributed by atoms with van der Waals surface area (Å²) in [5.74, 6) is 0.550. The van der Waals surface area contributed by atoms with Gasteiger partial charge >= 0.3 is 6.18 Å². The molecule has 5 nitrogen and oxygen atoms in total. The van der Waals surface area contributed by atoms with Crippen LogP contribution in [0, 0.1) is 0 Å². The van der Waals surface area contributed by atoms with Gasteiger partial charge in [-0.2, -0.15) is 13.2 Å². The average Bonchev–Trinajstić information content (AvgIpc) is 2.72. The Morgan fingerprint density at radius 1 is 1.03 bits per heavy atom. The van der Waals surface area contributed by atoms with E-state index in [4.69, 9.17) is 16.3 Å². The first-order chi connectivity index (χ1) is 14.9. The van der Waals surface area contributed by atoms with E-state index in [0.29, 0.717) is 16.9 Å². The predicted molar refractivity (Wildman–Crippen MR) is 114 cm³/mol. The number of hydrogen-bond acceptors (Lipinski definition) is 5. The highest BCUT2D eigenvalue weighted by molar-refractivity contribution is 7.90. The van der Waals surface area contributed by atoms with Gasteiger partial charge in [0.05, 0.1) is 10.5 Å². The quantitative estimate of drug-likeness (QED) is 0.442. The first-order valence-electron chi connectivity index (χ1n) is 9.28. The second kappa shape index (κ2) is 9.50. The van der Waals surface area contributed by atoms with Crippen molar-refractivity contribution in [1.82, 2.24) is 5.32 Å². The monoisotopic (exact) mass is 485 g/mol. The fourth-order valence-electron chi connectivity index (χ4n) is 2.82. The molecule has 0 saturated carbocycles. The summed E-state index contributed by atoms with van der Waals surface area (Å²) in [6.45, 7) is 0.161. The fourth-order valence-corrected chi connectivity index (χ4v) is 3.78. The maximum atomic E-state index is 12.7. The van der Waals surface area contributed by atoms with Gasteiger partial charge in [-0.05, 0) is 59.7 Å². The molecule has 3 aromatic rings. The number of hydrogen-bond donors (Lipinski definition) is 2. The van der Waals surface area contributed by atoms with E-state index in [-0.39, 0.29) is 22.2 Å². The number of ether oxygens (including phenoxy) is 1. The Kier molecular flexibility index (Phi) is 7.14. The van der Waals surface area contributed by atoms with Crippen LogP contribution in [0.2, 0.25) is 5.02 Å². The minimum absolute atomic E-state index is 0.0971. The minimum atomic E-state index is -4.43. The van der Waals surface area contributed by atoms with Crippen LogP contribution in [0.5, 0.6) is 11.5 Å². The first-order valence-corrected chi connectivity index (χ1v) is 11.6. The van der Waals surface area contributed by atoms with E-state index >= 15 is 0 Å². The topological polar surface area (TPSA) is 75.6 Å². The average molecular weight is 486 g/mol. The normalized spacial score (nSPS) is 13.1. The molecule has 0 fully saturated rings. The Labute approximate surface area is 188 Å². The van der Waals surface area contributed by atoms with Crippen molar-refractivity contribution in [3.63, 3.8) is 0 Å². The lowest BCUT2D eigenvalue weighted by molar-refractivity contribution is -0.137. The van der Waals surface area contributed by atoms with Gasteiger partial charge in [0.1, 0.15) is 17.7 Å². The summed E-state index contributed by atoms with van der Waals surface area (Å²) in [5, 5.41) is 13.6. The van der Waals surface area contributed by atoms with Crippen LogP contribution in [0.3, 0.4) is 0 Å². The molecule has 0 amide bonds. The van der Waals surface area contributed by atoms with Gasteiger partial charge in [-0.3, -0.25) is 5.32 Å². The summed E-state index contributed by atoms with van der Waals surface area (Å²) in [6, 6.07) is 15.0. The van der Waals surface area contributed by atoms with E-state index in [1.54, 1.807) is 30.3 Å². The van der Waals surface area contributed by atoms with Gasteiger partial charge in [0.15, 0.2) is 9.84 Å². The molecule has 0 radical (unpaired) electrons. The largest absolute Gasteiger partial charge is 0.457 e. The lowest BCUT2D eigenvalue weighted by atomic mass is 10.1. The molecule has 32 heavy (non-hydrogen) atoms. The van der Waals surface area contributed by atoms with Crippen molar-refractivity contribution in [2.24, 2.45) is 0 Å². The third kappa shape index (κ3) is 6.23. The predicted octanol–water partition coefficient (Wildman–Crippen LogP) is 5.34. The number of aliphatic hydroxyl groups excluding tert-OH is 1. The molecule has 0 saturated heterocycles. The second-order valence-electron chi connectivity index (χ2n) is 7.01. The number of nitrogens with one attached hydrogen (secondary N) is 1. The molecular weight excluding hydrogens is 467 g/mol. The molecule has 1 unspecified atom stereocenters. The summed E-state index contributed by atoms with van der Waals surface area (Å²) in [5.41, 5.74) is 0.273. The van der Waals surface area contributed by atoms with Gasteiger partial charge in [-0.1, -0.05) is 29.8 Å². The van der Waals surface area contributed by atoms with Crippen LogP contribution in [-0.2, 0) is 22.6 Å². The van der Waals surface area contributed by atoms with Gasteiger partial charge in [-0.25, -0.2) is 8.42 Å². The number of alkyl halides is 3. The summed E-state index contributed by atoms with van der Waals surface area (Å²) >= 11 is 6.14. The molecule has 10 heteroatoms. The Balaban J connectivity index is 1.66. The summed E-state index contributed by atoms with van der Waals surface area (Å²) in [6.07, 6.45) is -4.45. The first kappa shape index (κ1) is 24.1. The molecule has 3 aromatic carbocycles. The standard InChI is InChI=1S/C22H19ClF3NO4S/c1-32(29,30)19-10-5-15(20(23)12-19)13-27-21(28)14-3-2-4-18(11-14)31-17-8-6-16(7-9-17)22(24,25)26/h2-12,21,27-28H,13H2,1H3. The van der Waals surface area contributed by atoms with E-state index in [1.165, 1.54) is 24.3 Å². The molecule has 2 N–H and O–H groups in total. The van der Waals surface area contributed by atoms with E-state index in [9.17, 15) is 26.7 Å². The van der Waals surface area contributed by atoms with Gasteiger partial charge in [-0.15, -0.1) is 0 Å². The van der Waals surface area contributed by atoms with Crippen LogP contribution in [0.25, 0.3) is 0 Å². The van der Waals surface area contributed by atoms with Crippen LogP contribution in [0.4, 0.5) is 13.2 Å².